The van der Waals surface area contributed by atoms with Gasteiger partial charge in [0.15, 0.2) is 15.7 Å². The van der Waals surface area contributed by atoms with Gasteiger partial charge in [-0.3, -0.25) is 9.89 Å². The number of hydrogen-bond acceptors (Lipinski definition) is 5. The molecule has 114 valence electrons. The lowest BCUT2D eigenvalue weighted by Crippen LogP contribution is -2.36. The van der Waals surface area contributed by atoms with E-state index in [0.29, 0.717) is 5.82 Å². The van der Waals surface area contributed by atoms with E-state index in [1.165, 1.54) is 6.92 Å². The van der Waals surface area contributed by atoms with Crippen LogP contribution in [0.15, 0.2) is 23.6 Å². The standard InChI is InChI=1S/C13H17N3O3S2/c1-8(2)21(18,19)9(3)13(17)14-12-7-10(15-16-12)11-5-4-6-20-11/h4-9H,1-3H3,(H2,14,15,16,17). The van der Waals surface area contributed by atoms with Crippen LogP contribution in [0.25, 0.3) is 10.6 Å². The van der Waals surface area contributed by atoms with Gasteiger partial charge in [0, 0.05) is 6.07 Å². The molecular weight excluding hydrogens is 310 g/mol. The summed E-state index contributed by atoms with van der Waals surface area (Å²) in [7, 11) is -3.48. The molecule has 0 saturated carbocycles. The molecule has 1 amide bonds. The molecule has 0 spiro atoms. The third-order valence-corrected chi connectivity index (χ3v) is 6.55. The highest BCUT2D eigenvalue weighted by Gasteiger charge is 2.31. The van der Waals surface area contributed by atoms with E-state index in [0.717, 1.165) is 10.6 Å². The monoisotopic (exact) mass is 327 g/mol. The molecule has 0 aliphatic rings. The van der Waals surface area contributed by atoms with Gasteiger partial charge in [-0.2, -0.15) is 5.10 Å². The fraction of sp³-hybridized carbons (Fsp3) is 0.385. The Labute approximate surface area is 127 Å². The van der Waals surface area contributed by atoms with Crippen molar-refractivity contribution in [1.82, 2.24) is 10.2 Å². The van der Waals surface area contributed by atoms with Gasteiger partial charge < -0.3 is 5.32 Å². The van der Waals surface area contributed by atoms with E-state index in [9.17, 15) is 13.2 Å². The number of nitrogens with one attached hydrogen (secondary N) is 2. The lowest BCUT2D eigenvalue weighted by atomic mass is 10.3. The molecule has 0 aromatic carbocycles. The predicted molar refractivity (Wildman–Crippen MR) is 84.0 cm³/mol. The number of aromatic amines is 1. The molecule has 2 aromatic rings. The lowest BCUT2D eigenvalue weighted by Gasteiger charge is -2.14. The summed E-state index contributed by atoms with van der Waals surface area (Å²) in [4.78, 5) is 13.0. The molecule has 0 fully saturated rings. The molecule has 6 nitrogen and oxygen atoms in total. The summed E-state index contributed by atoms with van der Waals surface area (Å²) in [6.45, 7) is 4.50. The molecule has 0 bridgehead atoms. The van der Waals surface area contributed by atoms with Crippen molar-refractivity contribution in [2.24, 2.45) is 0 Å². The van der Waals surface area contributed by atoms with Crippen molar-refractivity contribution in [2.75, 3.05) is 5.32 Å². The number of anilines is 1. The Bertz CT molecular complexity index is 718. The minimum atomic E-state index is -3.48. The predicted octanol–water partition coefficient (Wildman–Crippen LogP) is 2.29. The fourth-order valence-electron chi connectivity index (χ4n) is 1.73. The number of nitrogens with zero attached hydrogens (tertiary/aromatic N) is 1. The van der Waals surface area contributed by atoms with Crippen LogP contribution in [0.3, 0.4) is 0 Å². The number of sulfone groups is 1. The van der Waals surface area contributed by atoms with Crippen LogP contribution in [0.4, 0.5) is 5.82 Å². The van der Waals surface area contributed by atoms with Crippen LogP contribution in [-0.2, 0) is 14.6 Å². The number of aromatic nitrogens is 2. The van der Waals surface area contributed by atoms with Gasteiger partial charge in [0.2, 0.25) is 5.91 Å². The molecule has 8 heteroatoms. The summed E-state index contributed by atoms with van der Waals surface area (Å²) in [5.41, 5.74) is 0.777. The number of carbonyl (C=O) groups excluding carboxylic acids is 1. The Morgan fingerprint density at radius 2 is 2.10 bits per heavy atom. The zero-order valence-electron chi connectivity index (χ0n) is 12.0. The summed E-state index contributed by atoms with van der Waals surface area (Å²) >= 11 is 1.54. The summed E-state index contributed by atoms with van der Waals surface area (Å²) in [6.07, 6.45) is 0. The number of thiophene rings is 1. The average molecular weight is 327 g/mol. The van der Waals surface area contributed by atoms with Crippen LogP contribution in [0.2, 0.25) is 0 Å². The third-order valence-electron chi connectivity index (χ3n) is 3.13. The number of carbonyl (C=O) groups is 1. The Morgan fingerprint density at radius 1 is 1.38 bits per heavy atom. The summed E-state index contributed by atoms with van der Waals surface area (Å²) in [5, 5.41) is 9.54. The van der Waals surface area contributed by atoms with Gasteiger partial charge in [-0.05, 0) is 32.2 Å². The first kappa shape index (κ1) is 15.7. The van der Waals surface area contributed by atoms with Crippen LogP contribution in [0, 0.1) is 0 Å². The van der Waals surface area contributed by atoms with Gasteiger partial charge in [-0.25, -0.2) is 8.42 Å². The van der Waals surface area contributed by atoms with Crippen molar-refractivity contribution in [1.29, 1.82) is 0 Å². The second-order valence-corrected chi connectivity index (χ2v) is 8.69. The molecule has 0 aliphatic heterocycles. The van der Waals surface area contributed by atoms with Crippen molar-refractivity contribution in [3.63, 3.8) is 0 Å². The van der Waals surface area contributed by atoms with Gasteiger partial charge in [-0.1, -0.05) is 6.07 Å². The molecule has 0 saturated heterocycles. The van der Waals surface area contributed by atoms with E-state index in [4.69, 9.17) is 0 Å². The maximum Gasteiger partial charge on any atom is 0.243 e. The van der Waals surface area contributed by atoms with Crippen molar-refractivity contribution in [3.8, 4) is 10.6 Å². The zero-order chi connectivity index (χ0) is 15.6. The first-order valence-corrected chi connectivity index (χ1v) is 8.94. The number of rotatable bonds is 5. The maximum absolute atomic E-state index is 12.0. The minimum Gasteiger partial charge on any atom is -0.308 e. The highest BCUT2D eigenvalue weighted by molar-refractivity contribution is 7.93. The van der Waals surface area contributed by atoms with E-state index >= 15 is 0 Å². The van der Waals surface area contributed by atoms with Crippen LogP contribution >= 0.6 is 11.3 Å². The van der Waals surface area contributed by atoms with Crippen LogP contribution in [0.1, 0.15) is 20.8 Å². The number of H-pyrrole nitrogens is 1. The van der Waals surface area contributed by atoms with Gasteiger partial charge in [0.05, 0.1) is 15.8 Å². The Balaban J connectivity index is 2.10. The largest absolute Gasteiger partial charge is 0.308 e. The molecule has 0 radical (unpaired) electrons. The molecule has 2 rings (SSSR count). The van der Waals surface area contributed by atoms with Crippen LogP contribution < -0.4 is 5.32 Å². The topological polar surface area (TPSA) is 91.9 Å². The highest BCUT2D eigenvalue weighted by atomic mass is 32.2. The van der Waals surface area contributed by atoms with E-state index < -0.39 is 26.2 Å². The zero-order valence-corrected chi connectivity index (χ0v) is 13.6. The molecule has 21 heavy (non-hydrogen) atoms. The fourth-order valence-corrected chi connectivity index (χ4v) is 3.60. The molecule has 0 aliphatic carbocycles. The molecule has 1 unspecified atom stereocenters. The van der Waals surface area contributed by atoms with E-state index in [2.05, 4.69) is 15.5 Å². The number of amides is 1. The highest BCUT2D eigenvalue weighted by Crippen LogP contribution is 2.24. The van der Waals surface area contributed by atoms with Gasteiger partial charge in [0.25, 0.3) is 0 Å². The van der Waals surface area contributed by atoms with Crippen LogP contribution in [0.5, 0.6) is 0 Å². The van der Waals surface area contributed by atoms with Crippen LogP contribution in [-0.4, -0.2) is 35.0 Å². The molecule has 2 N–H and O–H groups in total. The summed E-state index contributed by atoms with van der Waals surface area (Å²) in [6, 6.07) is 5.52. The van der Waals surface area contributed by atoms with Crippen molar-refractivity contribution < 1.29 is 13.2 Å². The molecular formula is C13H17N3O3S2. The van der Waals surface area contributed by atoms with Gasteiger partial charge in [0.1, 0.15) is 5.25 Å². The average Bonchev–Trinajstić information content (AvgIpc) is 3.07. The SMILES string of the molecule is CC(C)S(=O)(=O)C(C)C(=O)Nc1cc(-c2cccs2)[nH]n1. The van der Waals surface area contributed by atoms with E-state index in [-0.39, 0.29) is 0 Å². The Hall–Kier alpha value is -1.67. The normalized spacial score (nSPS) is 13.3. The Morgan fingerprint density at radius 3 is 2.67 bits per heavy atom. The second kappa shape index (κ2) is 5.98. The first-order valence-electron chi connectivity index (χ1n) is 6.45. The molecule has 1 atom stereocenters. The number of hydrogen-bond donors (Lipinski definition) is 2. The molecule has 2 heterocycles. The smallest absolute Gasteiger partial charge is 0.243 e. The minimum absolute atomic E-state index is 0.314. The van der Waals surface area contributed by atoms with Crippen molar-refractivity contribution in [3.05, 3.63) is 23.6 Å². The summed E-state index contributed by atoms with van der Waals surface area (Å²) < 4.78 is 23.9. The van der Waals surface area contributed by atoms with Gasteiger partial charge in [-0.15, -0.1) is 11.3 Å². The Kier molecular flexibility index (Phi) is 4.48. The van der Waals surface area contributed by atoms with Gasteiger partial charge >= 0.3 is 0 Å². The second-order valence-electron chi connectivity index (χ2n) is 4.91. The van der Waals surface area contributed by atoms with E-state index in [1.807, 2.05) is 17.5 Å². The summed E-state index contributed by atoms with van der Waals surface area (Å²) in [5.74, 6) is -0.262. The first-order chi connectivity index (χ1) is 9.82. The van der Waals surface area contributed by atoms with E-state index in [1.54, 1.807) is 31.3 Å². The third kappa shape index (κ3) is 3.33. The van der Waals surface area contributed by atoms with Crippen molar-refractivity contribution in [2.45, 2.75) is 31.3 Å². The van der Waals surface area contributed by atoms with Crippen molar-refractivity contribution >= 4 is 32.9 Å². The quantitative estimate of drug-likeness (QED) is 0.881. The lowest BCUT2D eigenvalue weighted by molar-refractivity contribution is -0.115. The maximum atomic E-state index is 12.0. The molecule has 2 aromatic heterocycles.